The lowest BCUT2D eigenvalue weighted by Gasteiger charge is -2.19. The van der Waals surface area contributed by atoms with Crippen molar-refractivity contribution in [2.24, 2.45) is 0 Å². The second-order valence-corrected chi connectivity index (χ2v) is 6.08. The molecule has 6 heteroatoms. The first-order valence-electron chi connectivity index (χ1n) is 8.61. The number of amides is 1. The Balaban J connectivity index is 1.76. The molecule has 1 heterocycles. The number of nitrogens with one attached hydrogen (secondary N) is 1. The first-order valence-corrected chi connectivity index (χ1v) is 8.61. The predicted octanol–water partition coefficient (Wildman–Crippen LogP) is 3.18. The lowest BCUT2D eigenvalue weighted by atomic mass is 10.0. The summed E-state index contributed by atoms with van der Waals surface area (Å²) in [6, 6.07) is 14.0. The van der Waals surface area contributed by atoms with Crippen LogP contribution >= 0.6 is 0 Å². The number of carbonyl (C=O) groups is 2. The monoisotopic (exact) mass is 355 g/mol. The van der Waals surface area contributed by atoms with E-state index in [1.807, 2.05) is 30.3 Å². The van der Waals surface area contributed by atoms with E-state index >= 15 is 0 Å². The van der Waals surface area contributed by atoms with Crippen LogP contribution in [0.1, 0.15) is 41.2 Å². The van der Waals surface area contributed by atoms with Crippen LogP contribution in [0, 0.1) is 0 Å². The Morgan fingerprint density at radius 1 is 1.04 bits per heavy atom. The van der Waals surface area contributed by atoms with Gasteiger partial charge in [-0.1, -0.05) is 30.3 Å². The number of carboxylic acid groups (broad SMARTS) is 1. The van der Waals surface area contributed by atoms with Crippen LogP contribution in [0.3, 0.4) is 0 Å². The molecule has 0 aliphatic carbocycles. The Kier molecular flexibility index (Phi) is 5.73. The zero-order chi connectivity index (χ0) is 18.4. The Hall–Kier alpha value is -3.02. The van der Waals surface area contributed by atoms with Crippen LogP contribution in [0.5, 0.6) is 11.5 Å². The molecule has 0 aromatic heterocycles. The number of carbonyl (C=O) groups excluding carboxylic acids is 1. The van der Waals surface area contributed by atoms with Crippen LogP contribution in [0.25, 0.3) is 0 Å². The molecule has 2 aromatic rings. The van der Waals surface area contributed by atoms with Crippen molar-refractivity contribution in [1.82, 2.24) is 5.32 Å². The summed E-state index contributed by atoms with van der Waals surface area (Å²) in [7, 11) is 0. The highest BCUT2D eigenvalue weighted by Crippen LogP contribution is 2.30. The lowest BCUT2D eigenvalue weighted by molar-refractivity contribution is -0.137. The standard InChI is InChI=1S/C20H21NO5/c22-19(23)10-8-16(14-5-2-1-3-6-14)21-20(24)15-7-9-17-18(13-15)26-12-4-11-25-17/h1-3,5-7,9,13,16H,4,8,10-12H2,(H,21,24)(H,22,23). The van der Waals surface area contributed by atoms with Crippen molar-refractivity contribution in [2.45, 2.75) is 25.3 Å². The molecule has 136 valence electrons. The molecule has 2 aromatic carbocycles. The van der Waals surface area contributed by atoms with E-state index in [9.17, 15) is 9.59 Å². The molecule has 1 unspecified atom stereocenters. The minimum atomic E-state index is -0.893. The van der Waals surface area contributed by atoms with Gasteiger partial charge in [0.25, 0.3) is 5.91 Å². The SMILES string of the molecule is O=C(O)CCC(NC(=O)c1ccc2c(c1)OCCCO2)c1ccccc1. The fourth-order valence-corrected chi connectivity index (χ4v) is 2.82. The molecule has 0 radical (unpaired) electrons. The molecule has 1 atom stereocenters. The van der Waals surface area contributed by atoms with Crippen LogP contribution in [0.15, 0.2) is 48.5 Å². The van der Waals surface area contributed by atoms with Gasteiger partial charge in [-0.15, -0.1) is 0 Å². The van der Waals surface area contributed by atoms with Gasteiger partial charge in [0.05, 0.1) is 19.3 Å². The van der Waals surface area contributed by atoms with Gasteiger partial charge in [0.2, 0.25) is 0 Å². The number of benzene rings is 2. The number of aliphatic carboxylic acids is 1. The van der Waals surface area contributed by atoms with E-state index in [2.05, 4.69) is 5.32 Å². The molecule has 0 saturated carbocycles. The largest absolute Gasteiger partial charge is 0.490 e. The minimum Gasteiger partial charge on any atom is -0.490 e. The molecule has 1 amide bonds. The molecule has 1 aliphatic heterocycles. The molecule has 3 rings (SSSR count). The summed E-state index contributed by atoms with van der Waals surface area (Å²) in [5.41, 5.74) is 1.32. The third-order valence-electron chi connectivity index (χ3n) is 4.16. The maximum atomic E-state index is 12.7. The van der Waals surface area contributed by atoms with Crippen molar-refractivity contribution >= 4 is 11.9 Å². The summed E-state index contributed by atoms with van der Waals surface area (Å²) in [4.78, 5) is 23.6. The maximum Gasteiger partial charge on any atom is 0.303 e. The first-order chi connectivity index (χ1) is 12.6. The van der Waals surface area contributed by atoms with E-state index in [0.717, 1.165) is 12.0 Å². The molecular weight excluding hydrogens is 334 g/mol. The van der Waals surface area contributed by atoms with Gasteiger partial charge >= 0.3 is 5.97 Å². The molecular formula is C20H21NO5. The van der Waals surface area contributed by atoms with Crippen molar-refractivity contribution in [3.63, 3.8) is 0 Å². The Labute approximate surface area is 151 Å². The highest BCUT2D eigenvalue weighted by molar-refractivity contribution is 5.95. The summed E-state index contributed by atoms with van der Waals surface area (Å²) in [5.74, 6) is 0.0112. The number of ether oxygens (including phenoxy) is 2. The molecule has 1 aliphatic rings. The highest BCUT2D eigenvalue weighted by Gasteiger charge is 2.19. The van der Waals surface area contributed by atoms with Crippen LogP contribution in [-0.4, -0.2) is 30.2 Å². The predicted molar refractivity (Wildman–Crippen MR) is 95.6 cm³/mol. The Morgan fingerprint density at radius 2 is 1.77 bits per heavy atom. The number of fused-ring (bicyclic) bond motifs is 1. The van der Waals surface area contributed by atoms with Crippen molar-refractivity contribution in [3.05, 3.63) is 59.7 Å². The van der Waals surface area contributed by atoms with Gasteiger partial charge < -0.3 is 19.9 Å². The zero-order valence-electron chi connectivity index (χ0n) is 14.3. The molecule has 2 N–H and O–H groups in total. The van der Waals surface area contributed by atoms with Crippen molar-refractivity contribution < 1.29 is 24.2 Å². The summed E-state index contributed by atoms with van der Waals surface area (Å²) in [6.07, 6.45) is 1.08. The summed E-state index contributed by atoms with van der Waals surface area (Å²) in [5, 5.41) is 11.9. The van der Waals surface area contributed by atoms with Crippen molar-refractivity contribution in [3.8, 4) is 11.5 Å². The maximum absolute atomic E-state index is 12.7. The summed E-state index contributed by atoms with van der Waals surface area (Å²) >= 11 is 0. The average molecular weight is 355 g/mol. The third kappa shape index (κ3) is 4.53. The highest BCUT2D eigenvalue weighted by atomic mass is 16.5. The fraction of sp³-hybridized carbons (Fsp3) is 0.300. The van der Waals surface area contributed by atoms with Crippen LogP contribution in [-0.2, 0) is 4.79 Å². The zero-order valence-corrected chi connectivity index (χ0v) is 14.3. The number of hydrogen-bond donors (Lipinski definition) is 2. The Morgan fingerprint density at radius 3 is 2.50 bits per heavy atom. The lowest BCUT2D eigenvalue weighted by Crippen LogP contribution is -2.29. The summed E-state index contributed by atoms with van der Waals surface area (Å²) in [6.45, 7) is 1.13. The molecule has 26 heavy (non-hydrogen) atoms. The van der Waals surface area contributed by atoms with Gasteiger partial charge in [0, 0.05) is 18.4 Å². The Bertz CT molecular complexity index is 775. The van der Waals surface area contributed by atoms with Gasteiger partial charge in [-0.05, 0) is 30.2 Å². The molecule has 0 saturated heterocycles. The fourth-order valence-electron chi connectivity index (χ4n) is 2.82. The van der Waals surface area contributed by atoms with Gasteiger partial charge in [-0.2, -0.15) is 0 Å². The van der Waals surface area contributed by atoms with Gasteiger partial charge in [-0.3, -0.25) is 9.59 Å². The first kappa shape index (κ1) is 17.8. The molecule has 0 spiro atoms. The van der Waals surface area contributed by atoms with Crippen molar-refractivity contribution in [2.75, 3.05) is 13.2 Å². The number of rotatable bonds is 6. The van der Waals surface area contributed by atoms with E-state index in [0.29, 0.717) is 36.7 Å². The second-order valence-electron chi connectivity index (χ2n) is 6.08. The topological polar surface area (TPSA) is 84.9 Å². The van der Waals surface area contributed by atoms with E-state index in [4.69, 9.17) is 14.6 Å². The van der Waals surface area contributed by atoms with Crippen molar-refractivity contribution in [1.29, 1.82) is 0 Å². The molecule has 0 fully saturated rings. The minimum absolute atomic E-state index is 0.0268. The van der Waals surface area contributed by atoms with Crippen LogP contribution in [0.2, 0.25) is 0 Å². The van der Waals surface area contributed by atoms with Gasteiger partial charge in [0.1, 0.15) is 0 Å². The quantitative estimate of drug-likeness (QED) is 0.831. The summed E-state index contributed by atoms with van der Waals surface area (Å²) < 4.78 is 11.2. The van der Waals surface area contributed by atoms with E-state index in [1.165, 1.54) is 0 Å². The number of carboxylic acids is 1. The van der Waals surface area contributed by atoms with E-state index in [-0.39, 0.29) is 18.4 Å². The molecule has 6 nitrogen and oxygen atoms in total. The average Bonchev–Trinajstić information content (AvgIpc) is 2.90. The van der Waals surface area contributed by atoms with E-state index in [1.54, 1.807) is 18.2 Å². The smallest absolute Gasteiger partial charge is 0.303 e. The van der Waals surface area contributed by atoms with E-state index < -0.39 is 5.97 Å². The van der Waals surface area contributed by atoms with Crippen LogP contribution < -0.4 is 14.8 Å². The molecule has 0 bridgehead atoms. The third-order valence-corrected chi connectivity index (χ3v) is 4.16. The van der Waals surface area contributed by atoms with Gasteiger partial charge in [0.15, 0.2) is 11.5 Å². The number of hydrogen-bond acceptors (Lipinski definition) is 4. The normalized spacial score (nSPS) is 14.2. The second kappa shape index (κ2) is 8.38. The van der Waals surface area contributed by atoms with Crippen LogP contribution in [0.4, 0.5) is 0 Å². The van der Waals surface area contributed by atoms with Gasteiger partial charge in [-0.25, -0.2) is 0 Å².